The van der Waals surface area contributed by atoms with Crippen LogP contribution in [0.2, 0.25) is 0 Å². The first-order valence-corrected chi connectivity index (χ1v) is 8.28. The number of sulfonamides is 1. The van der Waals surface area contributed by atoms with E-state index in [2.05, 4.69) is 5.10 Å². The molecule has 0 spiro atoms. The van der Waals surface area contributed by atoms with E-state index in [-0.39, 0.29) is 11.4 Å². The Labute approximate surface area is 132 Å². The van der Waals surface area contributed by atoms with Gasteiger partial charge in [0.05, 0.1) is 11.1 Å². The van der Waals surface area contributed by atoms with Crippen LogP contribution in [0.1, 0.15) is 5.56 Å². The molecule has 3 rings (SSSR count). The van der Waals surface area contributed by atoms with Gasteiger partial charge in [0.15, 0.2) is 0 Å². The third kappa shape index (κ3) is 3.03. The summed E-state index contributed by atoms with van der Waals surface area (Å²) in [5.74, 6) is 0. The highest BCUT2D eigenvalue weighted by Crippen LogP contribution is 2.21. The Morgan fingerprint density at radius 1 is 1.26 bits per heavy atom. The monoisotopic (exact) mass is 333 g/mol. The molecular weight excluding hydrogens is 318 g/mol. The SMILES string of the molecule is CN(Cc1cnn(C)c1)S(=O)(=O)c1ccc2oc(=O)ccc2c1. The maximum Gasteiger partial charge on any atom is 0.336 e. The van der Waals surface area contributed by atoms with E-state index in [9.17, 15) is 13.2 Å². The summed E-state index contributed by atoms with van der Waals surface area (Å²) in [6.45, 7) is 0.220. The minimum atomic E-state index is -3.65. The number of fused-ring (bicyclic) bond motifs is 1. The zero-order valence-electron chi connectivity index (χ0n) is 12.6. The number of rotatable bonds is 4. The normalized spacial score (nSPS) is 12.1. The van der Waals surface area contributed by atoms with Crippen LogP contribution in [0.15, 0.2) is 56.8 Å². The van der Waals surface area contributed by atoms with Gasteiger partial charge in [0.2, 0.25) is 10.0 Å². The first-order chi connectivity index (χ1) is 10.9. The Morgan fingerprint density at radius 3 is 2.74 bits per heavy atom. The van der Waals surface area contributed by atoms with Crippen molar-refractivity contribution < 1.29 is 12.8 Å². The molecule has 8 heteroatoms. The van der Waals surface area contributed by atoms with Gasteiger partial charge in [0.25, 0.3) is 0 Å². The first-order valence-electron chi connectivity index (χ1n) is 6.84. The molecule has 0 aliphatic rings. The van der Waals surface area contributed by atoms with E-state index >= 15 is 0 Å². The van der Waals surface area contributed by atoms with Gasteiger partial charge < -0.3 is 4.42 Å². The van der Waals surface area contributed by atoms with Crippen molar-refractivity contribution in [3.05, 3.63) is 58.7 Å². The third-order valence-corrected chi connectivity index (χ3v) is 5.26. The van der Waals surface area contributed by atoms with Gasteiger partial charge in [-0.25, -0.2) is 13.2 Å². The fourth-order valence-corrected chi connectivity index (χ4v) is 3.48. The van der Waals surface area contributed by atoms with Gasteiger partial charge in [-0.15, -0.1) is 0 Å². The summed E-state index contributed by atoms with van der Waals surface area (Å²) in [5.41, 5.74) is 0.679. The standard InChI is InChI=1S/C15H15N3O4S/c1-17-9-11(8-16-17)10-18(2)23(20,21)13-4-5-14-12(7-13)3-6-15(19)22-14/h3-9H,10H2,1-2H3. The summed E-state index contributed by atoms with van der Waals surface area (Å²) in [5, 5.41) is 4.58. The van der Waals surface area contributed by atoms with E-state index in [0.29, 0.717) is 11.0 Å². The highest BCUT2D eigenvalue weighted by molar-refractivity contribution is 7.89. The summed E-state index contributed by atoms with van der Waals surface area (Å²) in [6, 6.07) is 7.22. The molecule has 0 saturated carbocycles. The van der Waals surface area contributed by atoms with Gasteiger partial charge in [-0.1, -0.05) is 0 Å². The molecule has 0 aliphatic heterocycles. The summed E-state index contributed by atoms with van der Waals surface area (Å²) in [6.07, 6.45) is 3.39. The molecule has 0 unspecified atom stereocenters. The topological polar surface area (TPSA) is 85.4 Å². The molecule has 0 N–H and O–H groups in total. The van der Waals surface area contributed by atoms with Crippen LogP contribution < -0.4 is 5.63 Å². The zero-order chi connectivity index (χ0) is 16.6. The van der Waals surface area contributed by atoms with E-state index < -0.39 is 15.6 Å². The van der Waals surface area contributed by atoms with Crippen LogP contribution in [0.4, 0.5) is 0 Å². The quantitative estimate of drug-likeness (QED) is 0.673. The largest absolute Gasteiger partial charge is 0.423 e. The average molecular weight is 333 g/mol. The van der Waals surface area contributed by atoms with E-state index in [0.717, 1.165) is 5.56 Å². The van der Waals surface area contributed by atoms with Crippen molar-refractivity contribution in [3.8, 4) is 0 Å². The molecule has 0 fully saturated rings. The van der Waals surface area contributed by atoms with Crippen LogP contribution >= 0.6 is 0 Å². The third-order valence-electron chi connectivity index (χ3n) is 3.46. The van der Waals surface area contributed by atoms with Crippen LogP contribution in [-0.4, -0.2) is 29.6 Å². The number of nitrogens with zero attached hydrogens (tertiary/aromatic N) is 3. The molecule has 0 bridgehead atoms. The number of benzene rings is 1. The molecule has 2 aromatic heterocycles. The zero-order valence-corrected chi connectivity index (χ0v) is 13.4. The van der Waals surface area contributed by atoms with Crippen LogP contribution in [0.25, 0.3) is 11.0 Å². The van der Waals surface area contributed by atoms with Crippen molar-refractivity contribution in [2.45, 2.75) is 11.4 Å². The summed E-state index contributed by atoms with van der Waals surface area (Å²) < 4.78 is 33.2. The highest BCUT2D eigenvalue weighted by atomic mass is 32.2. The van der Waals surface area contributed by atoms with E-state index in [1.54, 1.807) is 30.2 Å². The van der Waals surface area contributed by atoms with Crippen molar-refractivity contribution in [2.24, 2.45) is 7.05 Å². The Bertz CT molecular complexity index is 1020. The van der Waals surface area contributed by atoms with Gasteiger partial charge >= 0.3 is 5.63 Å². The van der Waals surface area contributed by atoms with E-state index in [4.69, 9.17) is 4.42 Å². The van der Waals surface area contributed by atoms with E-state index in [1.807, 2.05) is 0 Å². The van der Waals surface area contributed by atoms with Crippen LogP contribution in [0.3, 0.4) is 0 Å². The predicted octanol–water partition coefficient (Wildman–Crippen LogP) is 1.35. The lowest BCUT2D eigenvalue weighted by Crippen LogP contribution is -2.26. The lowest BCUT2D eigenvalue weighted by atomic mass is 10.2. The molecule has 120 valence electrons. The molecular formula is C15H15N3O4S. The summed E-state index contributed by atoms with van der Waals surface area (Å²) in [4.78, 5) is 11.3. The van der Waals surface area contributed by atoms with Crippen LogP contribution in [0.5, 0.6) is 0 Å². The van der Waals surface area contributed by atoms with E-state index in [1.165, 1.54) is 35.6 Å². The highest BCUT2D eigenvalue weighted by Gasteiger charge is 2.21. The fourth-order valence-electron chi connectivity index (χ4n) is 2.29. The number of aromatic nitrogens is 2. The molecule has 23 heavy (non-hydrogen) atoms. The summed E-state index contributed by atoms with van der Waals surface area (Å²) in [7, 11) is -0.369. The Balaban J connectivity index is 1.95. The lowest BCUT2D eigenvalue weighted by Gasteiger charge is -2.16. The number of aryl methyl sites for hydroxylation is 1. The predicted molar refractivity (Wildman–Crippen MR) is 84.3 cm³/mol. The second-order valence-corrected chi connectivity index (χ2v) is 7.28. The molecule has 0 saturated heterocycles. The maximum atomic E-state index is 12.7. The second kappa shape index (κ2) is 5.64. The number of hydrogen-bond donors (Lipinski definition) is 0. The van der Waals surface area contributed by atoms with Crippen molar-refractivity contribution in [3.63, 3.8) is 0 Å². The van der Waals surface area contributed by atoms with Crippen molar-refractivity contribution in [1.29, 1.82) is 0 Å². The fraction of sp³-hybridized carbons (Fsp3) is 0.200. The van der Waals surface area contributed by atoms with Crippen molar-refractivity contribution in [2.75, 3.05) is 7.05 Å². The van der Waals surface area contributed by atoms with Crippen molar-refractivity contribution in [1.82, 2.24) is 14.1 Å². The summed E-state index contributed by atoms with van der Waals surface area (Å²) >= 11 is 0. The second-order valence-electron chi connectivity index (χ2n) is 5.24. The van der Waals surface area contributed by atoms with Crippen LogP contribution in [-0.2, 0) is 23.6 Å². The van der Waals surface area contributed by atoms with Crippen molar-refractivity contribution >= 4 is 21.0 Å². The molecule has 0 radical (unpaired) electrons. The van der Waals surface area contributed by atoms with Gasteiger partial charge in [0, 0.05) is 43.9 Å². The molecule has 1 aromatic carbocycles. The Morgan fingerprint density at radius 2 is 2.04 bits per heavy atom. The van der Waals surface area contributed by atoms with Crippen LogP contribution in [0, 0.1) is 0 Å². The molecule has 7 nitrogen and oxygen atoms in total. The first kappa shape index (κ1) is 15.4. The smallest absolute Gasteiger partial charge is 0.336 e. The molecule has 2 heterocycles. The van der Waals surface area contributed by atoms with Gasteiger partial charge in [-0.3, -0.25) is 4.68 Å². The molecule has 0 amide bonds. The lowest BCUT2D eigenvalue weighted by molar-refractivity contribution is 0.466. The average Bonchev–Trinajstić information content (AvgIpc) is 2.91. The Kier molecular flexibility index (Phi) is 3.78. The minimum absolute atomic E-state index is 0.144. The van der Waals surface area contributed by atoms with Gasteiger partial charge in [-0.05, 0) is 24.3 Å². The maximum absolute atomic E-state index is 12.7. The minimum Gasteiger partial charge on any atom is -0.423 e. The molecule has 0 atom stereocenters. The van der Waals surface area contributed by atoms with Gasteiger partial charge in [-0.2, -0.15) is 9.40 Å². The van der Waals surface area contributed by atoms with Gasteiger partial charge in [0.1, 0.15) is 5.58 Å². The Hall–Kier alpha value is -2.45. The molecule has 0 aliphatic carbocycles. The number of hydrogen-bond acceptors (Lipinski definition) is 5. The molecule has 3 aromatic rings.